The number of fused-ring (bicyclic) bond motifs is 3. The van der Waals surface area contributed by atoms with E-state index in [1.54, 1.807) is 12.1 Å². The Kier molecular flexibility index (Phi) is 3.27. The summed E-state index contributed by atoms with van der Waals surface area (Å²) in [5.41, 5.74) is -0.716. The molecule has 0 amide bonds. The van der Waals surface area contributed by atoms with E-state index in [1.165, 1.54) is 17.5 Å². The van der Waals surface area contributed by atoms with Gasteiger partial charge >= 0.3 is 12.1 Å². The van der Waals surface area contributed by atoms with E-state index in [-0.39, 0.29) is 28.4 Å². The molecule has 0 N–H and O–H groups in total. The van der Waals surface area contributed by atoms with Crippen molar-refractivity contribution in [1.82, 2.24) is 24.6 Å². The third-order valence-corrected chi connectivity index (χ3v) is 3.86. The minimum atomic E-state index is -5.75. The SMILES string of the molecule is Cc1cc(C(F)(F)C(F)(F)F)nc2c1ccc1nc(-c3nnco3)cn12. The Hall–Kier alpha value is -3.11. The topological polar surface area (TPSA) is 69.1 Å². The molecule has 0 aliphatic rings. The van der Waals surface area contributed by atoms with Gasteiger partial charge in [-0.3, -0.25) is 4.40 Å². The van der Waals surface area contributed by atoms with Gasteiger partial charge in [-0.25, -0.2) is 9.97 Å². The van der Waals surface area contributed by atoms with Crippen LogP contribution < -0.4 is 0 Å². The largest absolute Gasteiger partial charge is 0.459 e. The van der Waals surface area contributed by atoms with Gasteiger partial charge in [-0.05, 0) is 30.7 Å². The smallest absolute Gasteiger partial charge is 0.422 e. The number of pyridine rings is 2. The summed E-state index contributed by atoms with van der Waals surface area (Å²) in [5.74, 6) is -5.00. The van der Waals surface area contributed by atoms with E-state index in [1.807, 2.05) is 0 Å². The molecule has 134 valence electrons. The lowest BCUT2D eigenvalue weighted by molar-refractivity contribution is -0.290. The quantitative estimate of drug-likeness (QED) is 0.502. The van der Waals surface area contributed by atoms with Crippen LogP contribution in [0.3, 0.4) is 0 Å². The summed E-state index contributed by atoms with van der Waals surface area (Å²) in [5, 5.41) is 7.61. The molecule has 0 saturated carbocycles. The van der Waals surface area contributed by atoms with Crippen molar-refractivity contribution < 1.29 is 26.4 Å². The molecule has 4 heterocycles. The maximum atomic E-state index is 13.8. The monoisotopic (exact) mass is 369 g/mol. The molecule has 0 aromatic carbocycles. The van der Waals surface area contributed by atoms with Gasteiger partial charge in [0.2, 0.25) is 6.39 Å². The molecule has 4 rings (SSSR count). The van der Waals surface area contributed by atoms with E-state index in [0.29, 0.717) is 5.39 Å². The minimum absolute atomic E-state index is 0.0790. The zero-order chi connectivity index (χ0) is 18.7. The van der Waals surface area contributed by atoms with E-state index in [4.69, 9.17) is 4.42 Å². The average Bonchev–Trinajstić information content (AvgIpc) is 3.22. The second kappa shape index (κ2) is 5.19. The maximum Gasteiger partial charge on any atom is 0.459 e. The molecule has 0 spiro atoms. The van der Waals surface area contributed by atoms with E-state index in [9.17, 15) is 22.0 Å². The van der Waals surface area contributed by atoms with Crippen LogP contribution in [0.25, 0.3) is 28.3 Å². The molecule has 0 aliphatic heterocycles. The van der Waals surface area contributed by atoms with Gasteiger partial charge < -0.3 is 4.42 Å². The molecule has 11 heteroatoms. The van der Waals surface area contributed by atoms with Crippen LogP contribution in [-0.2, 0) is 5.92 Å². The van der Waals surface area contributed by atoms with Gasteiger partial charge in [0.05, 0.1) is 0 Å². The highest BCUT2D eigenvalue weighted by atomic mass is 19.4. The number of hydrogen-bond donors (Lipinski definition) is 0. The van der Waals surface area contributed by atoms with Gasteiger partial charge in [0.15, 0.2) is 0 Å². The van der Waals surface area contributed by atoms with Crippen molar-refractivity contribution in [3.63, 3.8) is 0 Å². The Bertz CT molecular complexity index is 1120. The first-order valence-electron chi connectivity index (χ1n) is 7.19. The first-order valence-corrected chi connectivity index (χ1v) is 7.19. The van der Waals surface area contributed by atoms with E-state index < -0.39 is 17.8 Å². The second-order valence-corrected chi connectivity index (χ2v) is 5.57. The Morgan fingerprint density at radius 2 is 1.85 bits per heavy atom. The summed E-state index contributed by atoms with van der Waals surface area (Å²) in [7, 11) is 0. The van der Waals surface area contributed by atoms with Crippen molar-refractivity contribution in [2.45, 2.75) is 19.0 Å². The van der Waals surface area contributed by atoms with Gasteiger partial charge in [-0.1, -0.05) is 0 Å². The highest BCUT2D eigenvalue weighted by molar-refractivity contribution is 5.82. The highest BCUT2D eigenvalue weighted by Crippen LogP contribution is 2.43. The molecule has 4 aromatic heterocycles. The molecule has 0 unspecified atom stereocenters. The fourth-order valence-electron chi connectivity index (χ4n) is 2.59. The molecule has 0 radical (unpaired) electrons. The molecule has 0 atom stereocenters. The molecular formula is C15H8F5N5O. The number of hydrogen-bond acceptors (Lipinski definition) is 5. The van der Waals surface area contributed by atoms with Crippen LogP contribution in [0.2, 0.25) is 0 Å². The van der Waals surface area contributed by atoms with Crippen LogP contribution in [0.1, 0.15) is 11.3 Å². The lowest BCUT2D eigenvalue weighted by Crippen LogP contribution is -2.34. The van der Waals surface area contributed by atoms with Crippen LogP contribution in [0.4, 0.5) is 22.0 Å². The summed E-state index contributed by atoms with van der Waals surface area (Å²) in [6, 6.07) is 3.86. The van der Waals surface area contributed by atoms with E-state index in [0.717, 1.165) is 12.5 Å². The summed E-state index contributed by atoms with van der Waals surface area (Å²) in [4.78, 5) is 7.78. The van der Waals surface area contributed by atoms with Crippen molar-refractivity contribution in [3.8, 4) is 11.6 Å². The summed E-state index contributed by atoms with van der Waals surface area (Å²) in [6.45, 7) is 1.43. The third-order valence-electron chi connectivity index (χ3n) is 3.86. The Balaban J connectivity index is 2.01. The summed E-state index contributed by atoms with van der Waals surface area (Å²) >= 11 is 0. The molecule has 26 heavy (non-hydrogen) atoms. The second-order valence-electron chi connectivity index (χ2n) is 5.57. The predicted octanol–water partition coefficient (Wildman–Crippen LogP) is 3.90. The average molecular weight is 369 g/mol. The summed E-state index contributed by atoms with van der Waals surface area (Å²) < 4.78 is 72.0. The Labute approximate surface area is 141 Å². The fraction of sp³-hybridized carbons (Fsp3) is 0.200. The maximum absolute atomic E-state index is 13.8. The lowest BCUT2D eigenvalue weighted by Gasteiger charge is -2.20. The third kappa shape index (κ3) is 2.30. The lowest BCUT2D eigenvalue weighted by atomic mass is 10.1. The van der Waals surface area contributed by atoms with Crippen LogP contribution in [-0.4, -0.2) is 30.7 Å². The zero-order valence-corrected chi connectivity index (χ0v) is 12.9. The number of nitrogens with zero attached hydrogens (tertiary/aromatic N) is 5. The zero-order valence-electron chi connectivity index (χ0n) is 12.9. The summed E-state index contributed by atoms with van der Waals surface area (Å²) in [6.07, 6.45) is -3.28. The van der Waals surface area contributed by atoms with Gasteiger partial charge in [0, 0.05) is 11.6 Å². The molecule has 0 fully saturated rings. The molecule has 0 saturated heterocycles. The van der Waals surface area contributed by atoms with Gasteiger partial charge in [-0.15, -0.1) is 10.2 Å². The molecule has 0 aliphatic carbocycles. The number of imidazole rings is 1. The van der Waals surface area contributed by atoms with Crippen LogP contribution in [0.5, 0.6) is 0 Å². The number of rotatable bonds is 2. The number of aryl methyl sites for hydroxylation is 1. The van der Waals surface area contributed by atoms with Crippen molar-refractivity contribution >= 4 is 16.7 Å². The first kappa shape index (κ1) is 16.4. The number of alkyl halides is 5. The van der Waals surface area contributed by atoms with Crippen LogP contribution in [0.15, 0.2) is 35.2 Å². The number of aromatic nitrogens is 5. The predicted molar refractivity (Wildman–Crippen MR) is 78.5 cm³/mol. The first-order chi connectivity index (χ1) is 12.2. The Morgan fingerprint density at radius 3 is 2.50 bits per heavy atom. The normalized spacial score (nSPS) is 13.0. The highest BCUT2D eigenvalue weighted by Gasteiger charge is 2.60. The minimum Gasteiger partial charge on any atom is -0.422 e. The van der Waals surface area contributed by atoms with Crippen LogP contribution >= 0.6 is 0 Å². The van der Waals surface area contributed by atoms with Crippen molar-refractivity contribution in [1.29, 1.82) is 0 Å². The number of halogens is 5. The van der Waals surface area contributed by atoms with E-state index >= 15 is 0 Å². The van der Waals surface area contributed by atoms with Gasteiger partial charge in [0.25, 0.3) is 5.89 Å². The van der Waals surface area contributed by atoms with Crippen molar-refractivity contribution in [3.05, 3.63) is 42.0 Å². The standard InChI is InChI=1S/C15H8F5N5O/c1-7-4-10(14(16,17)15(18,19)20)23-12-8(7)2-3-11-22-9(5-25(11)12)13-24-21-6-26-13/h2-6H,1H3. The van der Waals surface area contributed by atoms with Crippen LogP contribution in [0, 0.1) is 6.92 Å². The molecular weight excluding hydrogens is 361 g/mol. The molecule has 0 bridgehead atoms. The Morgan fingerprint density at radius 1 is 1.08 bits per heavy atom. The molecule has 6 nitrogen and oxygen atoms in total. The van der Waals surface area contributed by atoms with Gasteiger partial charge in [-0.2, -0.15) is 22.0 Å². The van der Waals surface area contributed by atoms with Crippen molar-refractivity contribution in [2.24, 2.45) is 0 Å². The van der Waals surface area contributed by atoms with Crippen molar-refractivity contribution in [2.75, 3.05) is 0 Å². The fourth-order valence-corrected chi connectivity index (χ4v) is 2.59. The van der Waals surface area contributed by atoms with Gasteiger partial charge in [0.1, 0.15) is 22.7 Å². The van der Waals surface area contributed by atoms with E-state index in [2.05, 4.69) is 20.2 Å². The molecule has 4 aromatic rings.